The van der Waals surface area contributed by atoms with Gasteiger partial charge in [0.1, 0.15) is 11.5 Å². The van der Waals surface area contributed by atoms with E-state index >= 15 is 0 Å². The summed E-state index contributed by atoms with van der Waals surface area (Å²) in [7, 11) is 0. The summed E-state index contributed by atoms with van der Waals surface area (Å²) < 4.78 is 5.21. The zero-order valence-electron chi connectivity index (χ0n) is 10.7. The molecule has 0 radical (unpaired) electrons. The van der Waals surface area contributed by atoms with Crippen molar-refractivity contribution in [2.24, 2.45) is 0 Å². The van der Waals surface area contributed by atoms with Crippen LogP contribution in [0.1, 0.15) is 30.2 Å². The van der Waals surface area contributed by atoms with Gasteiger partial charge in [-0.15, -0.1) is 0 Å². The monoisotopic (exact) mass is 242 g/mol. The molecular formula is C16H18O2. The second kappa shape index (κ2) is 6.20. The molecule has 0 aliphatic rings. The molecule has 0 saturated carbocycles. The number of rotatable bonds is 6. The molecule has 0 saturated heterocycles. The third-order valence-corrected chi connectivity index (χ3v) is 3.06. The summed E-state index contributed by atoms with van der Waals surface area (Å²) in [5.74, 6) is 1.14. The van der Waals surface area contributed by atoms with Gasteiger partial charge in [-0.05, 0) is 29.7 Å². The molecule has 2 nitrogen and oxygen atoms in total. The largest absolute Gasteiger partial charge is 0.469 e. The Balaban J connectivity index is 1.83. The van der Waals surface area contributed by atoms with Gasteiger partial charge in [0.25, 0.3) is 0 Å². The summed E-state index contributed by atoms with van der Waals surface area (Å²) in [6, 6.07) is 12.0. The highest BCUT2D eigenvalue weighted by Crippen LogP contribution is 2.09. The Bertz CT molecular complexity index is 480. The first-order valence-corrected chi connectivity index (χ1v) is 6.40. The zero-order chi connectivity index (χ0) is 12.8. The van der Waals surface area contributed by atoms with Crippen molar-refractivity contribution >= 4 is 5.78 Å². The number of carbonyl (C=O) groups is 1. The van der Waals surface area contributed by atoms with E-state index in [1.165, 1.54) is 5.56 Å². The fourth-order valence-electron chi connectivity index (χ4n) is 1.93. The fourth-order valence-corrected chi connectivity index (χ4v) is 1.93. The van der Waals surface area contributed by atoms with Gasteiger partial charge in [-0.25, -0.2) is 0 Å². The van der Waals surface area contributed by atoms with Crippen LogP contribution in [-0.4, -0.2) is 5.78 Å². The van der Waals surface area contributed by atoms with Gasteiger partial charge in [-0.2, -0.15) is 0 Å². The minimum Gasteiger partial charge on any atom is -0.469 e. The van der Waals surface area contributed by atoms with Crippen LogP contribution >= 0.6 is 0 Å². The van der Waals surface area contributed by atoms with Crippen LogP contribution in [0, 0.1) is 0 Å². The summed E-state index contributed by atoms with van der Waals surface area (Å²) in [4.78, 5) is 11.8. The predicted octanol–water partition coefficient (Wildman–Crippen LogP) is 3.59. The molecule has 0 unspecified atom stereocenters. The molecule has 0 fully saturated rings. The van der Waals surface area contributed by atoms with Crippen LogP contribution in [0.15, 0.2) is 47.1 Å². The van der Waals surface area contributed by atoms with Gasteiger partial charge in [-0.3, -0.25) is 4.79 Å². The highest BCUT2D eigenvalue weighted by atomic mass is 16.3. The summed E-state index contributed by atoms with van der Waals surface area (Å²) in [5.41, 5.74) is 2.40. The lowest BCUT2D eigenvalue weighted by atomic mass is 10.0. The van der Waals surface area contributed by atoms with E-state index in [0.29, 0.717) is 19.3 Å². The lowest BCUT2D eigenvalue weighted by Crippen LogP contribution is -2.04. The van der Waals surface area contributed by atoms with Crippen LogP contribution in [0.2, 0.25) is 0 Å². The molecule has 2 heteroatoms. The van der Waals surface area contributed by atoms with Gasteiger partial charge in [-0.1, -0.05) is 31.2 Å². The Kier molecular flexibility index (Phi) is 4.35. The lowest BCUT2D eigenvalue weighted by molar-refractivity contribution is -0.118. The van der Waals surface area contributed by atoms with Crippen LogP contribution in [0.4, 0.5) is 0 Å². The van der Waals surface area contributed by atoms with E-state index in [1.807, 2.05) is 24.3 Å². The van der Waals surface area contributed by atoms with Crippen molar-refractivity contribution in [1.82, 2.24) is 0 Å². The summed E-state index contributed by atoms with van der Waals surface area (Å²) in [6.45, 7) is 2.13. The SMILES string of the molecule is CCc1ccc(CC(=O)CCc2ccco2)cc1. The molecule has 0 aliphatic carbocycles. The second-order valence-corrected chi connectivity index (χ2v) is 4.46. The molecule has 2 aromatic rings. The number of furan rings is 1. The first kappa shape index (κ1) is 12.6. The number of hydrogen-bond acceptors (Lipinski definition) is 2. The van der Waals surface area contributed by atoms with Gasteiger partial charge < -0.3 is 4.42 Å². The topological polar surface area (TPSA) is 30.2 Å². The molecule has 18 heavy (non-hydrogen) atoms. The summed E-state index contributed by atoms with van der Waals surface area (Å²) >= 11 is 0. The molecule has 0 aliphatic heterocycles. The highest BCUT2D eigenvalue weighted by Gasteiger charge is 2.05. The molecule has 0 atom stereocenters. The van der Waals surface area contributed by atoms with Crippen molar-refractivity contribution in [2.45, 2.75) is 32.6 Å². The molecule has 0 N–H and O–H groups in total. The van der Waals surface area contributed by atoms with Crippen LogP contribution < -0.4 is 0 Å². The molecule has 1 aromatic carbocycles. The Labute approximate surface area is 108 Å². The smallest absolute Gasteiger partial charge is 0.137 e. The van der Waals surface area contributed by atoms with E-state index in [-0.39, 0.29) is 5.78 Å². The number of aryl methyl sites for hydroxylation is 2. The van der Waals surface area contributed by atoms with E-state index in [0.717, 1.165) is 17.7 Å². The first-order valence-electron chi connectivity index (χ1n) is 6.40. The minimum atomic E-state index is 0.260. The molecule has 2 rings (SSSR count). The average Bonchev–Trinajstić information content (AvgIpc) is 2.90. The van der Waals surface area contributed by atoms with E-state index < -0.39 is 0 Å². The van der Waals surface area contributed by atoms with Crippen molar-refractivity contribution in [3.8, 4) is 0 Å². The molecule has 0 bridgehead atoms. The molecule has 0 spiro atoms. The van der Waals surface area contributed by atoms with Crippen LogP contribution in [0.5, 0.6) is 0 Å². The standard InChI is InChI=1S/C16H18O2/c1-2-13-5-7-14(8-6-13)12-15(17)9-10-16-4-3-11-18-16/h3-8,11H,2,9-10,12H2,1H3. The van der Waals surface area contributed by atoms with Crippen molar-refractivity contribution in [2.75, 3.05) is 0 Å². The Hall–Kier alpha value is -1.83. The van der Waals surface area contributed by atoms with E-state index in [9.17, 15) is 4.79 Å². The van der Waals surface area contributed by atoms with E-state index in [1.54, 1.807) is 6.26 Å². The van der Waals surface area contributed by atoms with Gasteiger partial charge >= 0.3 is 0 Å². The highest BCUT2D eigenvalue weighted by molar-refractivity contribution is 5.81. The number of Topliss-reactive ketones (excluding diaryl/α,β-unsaturated/α-hetero) is 1. The van der Waals surface area contributed by atoms with E-state index in [2.05, 4.69) is 19.1 Å². The Morgan fingerprint density at radius 2 is 1.83 bits per heavy atom. The van der Waals surface area contributed by atoms with Gasteiger partial charge in [0.2, 0.25) is 0 Å². The summed E-state index contributed by atoms with van der Waals surface area (Å²) in [6.07, 6.45) is 4.43. The number of benzene rings is 1. The quantitative estimate of drug-likeness (QED) is 0.775. The van der Waals surface area contributed by atoms with Crippen LogP contribution in [0.25, 0.3) is 0 Å². The number of carbonyl (C=O) groups excluding carboxylic acids is 1. The van der Waals surface area contributed by atoms with Crippen LogP contribution in [0.3, 0.4) is 0 Å². The molecule has 94 valence electrons. The third kappa shape index (κ3) is 3.59. The lowest BCUT2D eigenvalue weighted by Gasteiger charge is -2.02. The van der Waals surface area contributed by atoms with Crippen molar-refractivity contribution in [3.63, 3.8) is 0 Å². The Morgan fingerprint density at radius 1 is 1.11 bits per heavy atom. The predicted molar refractivity (Wildman–Crippen MR) is 71.6 cm³/mol. The van der Waals surface area contributed by atoms with Crippen LogP contribution in [-0.2, 0) is 24.1 Å². The van der Waals surface area contributed by atoms with Crippen molar-refractivity contribution < 1.29 is 9.21 Å². The maximum absolute atomic E-state index is 11.8. The maximum Gasteiger partial charge on any atom is 0.137 e. The molecule has 1 heterocycles. The van der Waals surface area contributed by atoms with Gasteiger partial charge in [0.15, 0.2) is 0 Å². The summed E-state index contributed by atoms with van der Waals surface area (Å²) in [5, 5.41) is 0. The number of ketones is 1. The maximum atomic E-state index is 11.8. The second-order valence-electron chi connectivity index (χ2n) is 4.46. The van der Waals surface area contributed by atoms with Crippen molar-refractivity contribution in [3.05, 3.63) is 59.5 Å². The Morgan fingerprint density at radius 3 is 2.44 bits per heavy atom. The first-order chi connectivity index (χ1) is 8.78. The number of hydrogen-bond donors (Lipinski definition) is 0. The van der Waals surface area contributed by atoms with Crippen molar-refractivity contribution in [1.29, 1.82) is 0 Å². The minimum absolute atomic E-state index is 0.260. The van der Waals surface area contributed by atoms with E-state index in [4.69, 9.17) is 4.42 Å². The average molecular weight is 242 g/mol. The fraction of sp³-hybridized carbons (Fsp3) is 0.312. The third-order valence-electron chi connectivity index (χ3n) is 3.06. The normalized spacial score (nSPS) is 10.5. The molecular weight excluding hydrogens is 224 g/mol. The van der Waals surface area contributed by atoms with Gasteiger partial charge in [0.05, 0.1) is 6.26 Å². The molecule has 1 aromatic heterocycles. The zero-order valence-corrected chi connectivity index (χ0v) is 10.7. The van der Waals surface area contributed by atoms with Gasteiger partial charge in [0, 0.05) is 19.3 Å². The molecule has 0 amide bonds.